The van der Waals surface area contributed by atoms with Crippen LogP contribution in [0.4, 0.5) is 11.4 Å². The number of methoxy groups -OCH3 is 1. The molecule has 1 fully saturated rings. The van der Waals surface area contributed by atoms with Crippen LogP contribution in [0.3, 0.4) is 0 Å². The third kappa shape index (κ3) is 2.97. The van der Waals surface area contributed by atoms with E-state index in [1.165, 1.54) is 19.2 Å². The van der Waals surface area contributed by atoms with Gasteiger partial charge in [-0.1, -0.05) is 0 Å². The van der Waals surface area contributed by atoms with E-state index in [1.807, 2.05) is 11.8 Å². The second-order valence-electron chi connectivity index (χ2n) is 5.08. The normalized spacial score (nSPS) is 16.2. The molecule has 3 N–H and O–H groups in total. The number of non-ortho nitro benzene ring substituents is 1. The molecule has 1 aliphatic rings. The summed E-state index contributed by atoms with van der Waals surface area (Å²) in [7, 11) is 1.45. The number of hydrogen-bond donors (Lipinski definition) is 2. The fraction of sp³-hybridized carbons (Fsp3) is 0.417. The van der Waals surface area contributed by atoms with Crippen molar-refractivity contribution >= 4 is 28.7 Å². The lowest BCUT2D eigenvalue weighted by molar-refractivity contribution is -0.384. The first-order chi connectivity index (χ1) is 9.32. The third-order valence-corrected chi connectivity index (χ3v) is 3.39. The molecule has 1 aromatic carbocycles. The Balaban J connectivity index is 2.09. The van der Waals surface area contributed by atoms with Gasteiger partial charge in [0.2, 0.25) is 0 Å². The molecule has 2 rings (SSSR count). The highest BCUT2D eigenvalue weighted by Crippen LogP contribution is 2.30. The summed E-state index contributed by atoms with van der Waals surface area (Å²) in [5.74, 6) is 0.373. The number of thiocarbonyl (C=S) groups is 1. The van der Waals surface area contributed by atoms with Crippen LogP contribution in [0, 0.1) is 10.1 Å². The molecule has 0 radical (unpaired) electrons. The molecule has 7 nitrogen and oxygen atoms in total. The maximum absolute atomic E-state index is 10.7. The van der Waals surface area contributed by atoms with E-state index in [4.69, 9.17) is 22.7 Å². The van der Waals surface area contributed by atoms with Crippen LogP contribution in [-0.4, -0.2) is 40.7 Å². The van der Waals surface area contributed by atoms with Crippen molar-refractivity contribution in [1.29, 1.82) is 0 Å². The van der Waals surface area contributed by atoms with Gasteiger partial charge in [0.25, 0.3) is 5.69 Å². The molecule has 0 unspecified atom stereocenters. The number of nitrogens with one attached hydrogen (secondary N) is 1. The minimum atomic E-state index is -0.472. The van der Waals surface area contributed by atoms with Gasteiger partial charge in [-0.05, 0) is 25.2 Å². The highest BCUT2D eigenvalue weighted by Gasteiger charge is 2.36. The molecule has 1 aromatic rings. The van der Waals surface area contributed by atoms with Gasteiger partial charge in [-0.15, -0.1) is 0 Å². The van der Waals surface area contributed by atoms with Crippen molar-refractivity contribution in [2.75, 3.05) is 25.5 Å². The Kier molecular flexibility index (Phi) is 3.78. The van der Waals surface area contributed by atoms with E-state index in [0.29, 0.717) is 29.6 Å². The van der Waals surface area contributed by atoms with Crippen LogP contribution >= 0.6 is 12.2 Å². The predicted octanol–water partition coefficient (Wildman–Crippen LogP) is 1.33. The molecule has 1 heterocycles. The summed E-state index contributed by atoms with van der Waals surface area (Å²) in [6.07, 6.45) is 0. The number of nitrogens with zero attached hydrogens (tertiary/aromatic N) is 2. The lowest BCUT2D eigenvalue weighted by Crippen LogP contribution is -2.67. The van der Waals surface area contributed by atoms with Gasteiger partial charge in [0.05, 0.1) is 23.8 Å². The second-order valence-corrected chi connectivity index (χ2v) is 5.47. The highest BCUT2D eigenvalue weighted by molar-refractivity contribution is 7.80. The topological polar surface area (TPSA) is 93.7 Å². The zero-order valence-corrected chi connectivity index (χ0v) is 12.1. The van der Waals surface area contributed by atoms with Gasteiger partial charge in [-0.2, -0.15) is 0 Å². The summed E-state index contributed by atoms with van der Waals surface area (Å²) in [6, 6.07) is 4.33. The summed E-state index contributed by atoms with van der Waals surface area (Å²) in [4.78, 5) is 12.2. The van der Waals surface area contributed by atoms with E-state index < -0.39 is 4.92 Å². The van der Waals surface area contributed by atoms with Crippen molar-refractivity contribution in [3.63, 3.8) is 0 Å². The Morgan fingerprint density at radius 2 is 2.25 bits per heavy atom. The second kappa shape index (κ2) is 5.22. The van der Waals surface area contributed by atoms with Gasteiger partial charge >= 0.3 is 0 Å². The summed E-state index contributed by atoms with van der Waals surface area (Å²) in [6.45, 7) is 3.31. The first-order valence-corrected chi connectivity index (χ1v) is 6.40. The summed E-state index contributed by atoms with van der Waals surface area (Å²) < 4.78 is 5.14. The van der Waals surface area contributed by atoms with Crippen LogP contribution in [0.5, 0.6) is 5.75 Å². The van der Waals surface area contributed by atoms with Gasteiger partial charge < -0.3 is 20.7 Å². The number of hydrogen-bond acceptors (Lipinski definition) is 5. The van der Waals surface area contributed by atoms with Crippen LogP contribution in [0.25, 0.3) is 0 Å². The minimum absolute atomic E-state index is 0.0307. The molecule has 0 aromatic heterocycles. The number of rotatable bonds is 3. The number of nitrogens with two attached hydrogens (primary N) is 1. The van der Waals surface area contributed by atoms with Crippen molar-refractivity contribution in [2.24, 2.45) is 5.73 Å². The van der Waals surface area contributed by atoms with E-state index >= 15 is 0 Å². The standard InChI is InChI=1S/C12H16N4O3S/c1-12(13)6-15(7-12)11(20)14-9-4-3-8(16(17)18)5-10(9)19-2/h3-5H,6-7,13H2,1-2H3,(H,14,20). The summed E-state index contributed by atoms with van der Waals surface area (Å²) >= 11 is 5.27. The van der Waals surface area contributed by atoms with Gasteiger partial charge in [-0.3, -0.25) is 10.1 Å². The van der Waals surface area contributed by atoms with Crippen LogP contribution in [-0.2, 0) is 0 Å². The summed E-state index contributed by atoms with van der Waals surface area (Å²) in [5.41, 5.74) is 6.27. The van der Waals surface area contributed by atoms with E-state index in [0.717, 1.165) is 0 Å². The number of anilines is 1. The Labute approximate surface area is 121 Å². The molecule has 0 atom stereocenters. The van der Waals surface area contributed by atoms with E-state index in [-0.39, 0.29) is 11.2 Å². The number of nitro benzene ring substituents is 1. The predicted molar refractivity (Wildman–Crippen MR) is 80.0 cm³/mol. The maximum Gasteiger partial charge on any atom is 0.273 e. The van der Waals surface area contributed by atoms with Gasteiger partial charge in [-0.25, -0.2) is 0 Å². The molecule has 0 saturated carbocycles. The fourth-order valence-electron chi connectivity index (χ4n) is 2.06. The molecule has 1 saturated heterocycles. The van der Waals surface area contributed by atoms with Crippen LogP contribution < -0.4 is 15.8 Å². The van der Waals surface area contributed by atoms with E-state index in [2.05, 4.69) is 5.32 Å². The molecule has 0 bridgehead atoms. The van der Waals surface area contributed by atoms with E-state index in [9.17, 15) is 10.1 Å². The molecule has 108 valence electrons. The Hall–Kier alpha value is -1.93. The van der Waals surface area contributed by atoms with Gasteiger partial charge in [0.1, 0.15) is 5.75 Å². The molecule has 0 amide bonds. The van der Waals surface area contributed by atoms with Crippen LogP contribution in [0.1, 0.15) is 6.92 Å². The molecular weight excluding hydrogens is 280 g/mol. The van der Waals surface area contributed by atoms with Crippen molar-refractivity contribution < 1.29 is 9.66 Å². The van der Waals surface area contributed by atoms with Gasteiger partial charge in [0, 0.05) is 24.7 Å². The van der Waals surface area contributed by atoms with Crippen molar-refractivity contribution in [3.8, 4) is 5.75 Å². The number of likely N-dealkylation sites (tertiary alicyclic amines) is 1. The first-order valence-electron chi connectivity index (χ1n) is 6.00. The van der Waals surface area contributed by atoms with E-state index in [1.54, 1.807) is 6.07 Å². The smallest absolute Gasteiger partial charge is 0.273 e. The van der Waals surface area contributed by atoms with Crippen LogP contribution in [0.2, 0.25) is 0 Å². The average molecular weight is 296 g/mol. The van der Waals surface area contributed by atoms with Crippen molar-refractivity contribution in [2.45, 2.75) is 12.5 Å². The van der Waals surface area contributed by atoms with Crippen molar-refractivity contribution in [1.82, 2.24) is 4.90 Å². The minimum Gasteiger partial charge on any atom is -0.494 e. The fourth-order valence-corrected chi connectivity index (χ4v) is 2.30. The quantitative estimate of drug-likeness (QED) is 0.493. The molecule has 0 spiro atoms. The third-order valence-electron chi connectivity index (χ3n) is 3.03. The zero-order valence-electron chi connectivity index (χ0n) is 11.3. The average Bonchev–Trinajstić information content (AvgIpc) is 2.35. The summed E-state index contributed by atoms with van der Waals surface area (Å²) in [5, 5.41) is 14.3. The number of nitro groups is 1. The number of ether oxygens (including phenoxy) is 1. The Morgan fingerprint density at radius 3 is 2.75 bits per heavy atom. The maximum atomic E-state index is 10.7. The Morgan fingerprint density at radius 1 is 1.60 bits per heavy atom. The molecule has 8 heteroatoms. The monoisotopic (exact) mass is 296 g/mol. The first kappa shape index (κ1) is 14.5. The zero-order chi connectivity index (χ0) is 14.9. The molecular formula is C12H16N4O3S. The highest BCUT2D eigenvalue weighted by atomic mass is 32.1. The van der Waals surface area contributed by atoms with Crippen LogP contribution in [0.15, 0.2) is 18.2 Å². The van der Waals surface area contributed by atoms with Crippen molar-refractivity contribution in [3.05, 3.63) is 28.3 Å². The SMILES string of the molecule is COc1cc([N+](=O)[O-])ccc1NC(=S)N1CC(C)(N)C1. The lowest BCUT2D eigenvalue weighted by atomic mass is 9.94. The molecule has 0 aliphatic carbocycles. The number of benzene rings is 1. The Bertz CT molecular complexity index is 554. The lowest BCUT2D eigenvalue weighted by Gasteiger charge is -2.46. The van der Waals surface area contributed by atoms with Gasteiger partial charge in [0.15, 0.2) is 5.11 Å². The molecule has 20 heavy (non-hydrogen) atoms. The largest absolute Gasteiger partial charge is 0.494 e. The molecule has 1 aliphatic heterocycles.